The first-order valence-electron chi connectivity index (χ1n) is 6.72. The average Bonchev–Trinajstić information content (AvgIpc) is 2.46. The Kier molecular flexibility index (Phi) is 5.00. The lowest BCUT2D eigenvalue weighted by molar-refractivity contribution is 0.0901. The number of aromatic nitrogens is 2. The summed E-state index contributed by atoms with van der Waals surface area (Å²) in [7, 11) is 0. The van der Waals surface area contributed by atoms with Crippen LogP contribution in [-0.4, -0.2) is 54.0 Å². The van der Waals surface area contributed by atoms with Gasteiger partial charge in [-0.1, -0.05) is 25.4 Å². The zero-order valence-corrected chi connectivity index (χ0v) is 12.5. The van der Waals surface area contributed by atoms with E-state index >= 15 is 0 Å². The van der Waals surface area contributed by atoms with Crippen molar-refractivity contribution in [3.8, 4) is 0 Å². The number of carbonyl (C=O) groups is 1. The number of anilines is 1. The lowest BCUT2D eigenvalue weighted by Gasteiger charge is -2.34. The molecule has 1 aliphatic heterocycles. The monoisotopic (exact) mass is 298 g/mol. The van der Waals surface area contributed by atoms with E-state index in [1.807, 2.05) is 19.9 Å². The van der Waals surface area contributed by atoms with Crippen molar-refractivity contribution in [3.63, 3.8) is 0 Å². The Bertz CT molecular complexity index is 444. The topological polar surface area (TPSA) is 58.6 Å². The van der Waals surface area contributed by atoms with Gasteiger partial charge in [-0.05, 0) is 18.1 Å². The lowest BCUT2D eigenvalue weighted by Crippen LogP contribution is -2.49. The molecule has 0 radical (unpaired) electrons. The molecule has 0 N–H and O–H groups in total. The van der Waals surface area contributed by atoms with Crippen LogP contribution in [0.5, 0.6) is 0 Å². The summed E-state index contributed by atoms with van der Waals surface area (Å²) >= 11 is 5.71. The molecule has 1 aromatic heterocycles. The van der Waals surface area contributed by atoms with Crippen molar-refractivity contribution in [2.24, 2.45) is 5.92 Å². The van der Waals surface area contributed by atoms with Crippen LogP contribution in [0.2, 0.25) is 5.15 Å². The molecule has 0 saturated carbocycles. The quantitative estimate of drug-likeness (QED) is 0.855. The first kappa shape index (κ1) is 14.8. The predicted octanol–water partition coefficient (Wildman–Crippen LogP) is 2.04. The number of piperazine rings is 1. The van der Waals surface area contributed by atoms with Crippen LogP contribution in [-0.2, 0) is 4.74 Å². The fraction of sp³-hybridized carbons (Fsp3) is 0.615. The van der Waals surface area contributed by atoms with Gasteiger partial charge in [0.15, 0.2) is 11.0 Å². The van der Waals surface area contributed by atoms with E-state index in [1.165, 1.54) is 0 Å². The van der Waals surface area contributed by atoms with Gasteiger partial charge < -0.3 is 14.5 Å². The summed E-state index contributed by atoms with van der Waals surface area (Å²) in [5.74, 6) is 1.13. The first-order chi connectivity index (χ1) is 9.56. The van der Waals surface area contributed by atoms with Crippen molar-refractivity contribution in [1.29, 1.82) is 0 Å². The number of nitrogens with zero attached hydrogens (tertiary/aromatic N) is 4. The van der Waals surface area contributed by atoms with E-state index in [2.05, 4.69) is 15.1 Å². The summed E-state index contributed by atoms with van der Waals surface area (Å²) in [6.07, 6.45) is -0.236. The highest BCUT2D eigenvalue weighted by Gasteiger charge is 2.23. The van der Waals surface area contributed by atoms with Gasteiger partial charge in [0.25, 0.3) is 0 Å². The molecule has 0 spiro atoms. The molecular formula is C13H19ClN4O2. The maximum absolute atomic E-state index is 11.8. The van der Waals surface area contributed by atoms with Crippen LogP contribution in [0, 0.1) is 5.92 Å². The van der Waals surface area contributed by atoms with Gasteiger partial charge in [0.2, 0.25) is 0 Å². The normalized spacial score (nSPS) is 15.6. The second kappa shape index (κ2) is 6.74. The second-order valence-electron chi connectivity index (χ2n) is 5.16. The van der Waals surface area contributed by atoms with Crippen molar-refractivity contribution in [2.45, 2.75) is 13.8 Å². The molecule has 1 fully saturated rings. The van der Waals surface area contributed by atoms with Crippen molar-refractivity contribution in [1.82, 2.24) is 15.1 Å². The molecule has 110 valence electrons. The van der Waals surface area contributed by atoms with E-state index < -0.39 is 0 Å². The SMILES string of the molecule is CC(C)COC(=O)N1CCN(c2ccc(Cl)nn2)CC1. The van der Waals surface area contributed by atoms with Gasteiger partial charge in [0.05, 0.1) is 6.61 Å². The van der Waals surface area contributed by atoms with Gasteiger partial charge in [-0.2, -0.15) is 0 Å². The molecule has 0 aromatic carbocycles. The largest absolute Gasteiger partial charge is 0.449 e. The fourth-order valence-electron chi connectivity index (χ4n) is 1.92. The minimum Gasteiger partial charge on any atom is -0.449 e. The van der Waals surface area contributed by atoms with Crippen molar-refractivity contribution < 1.29 is 9.53 Å². The molecule has 20 heavy (non-hydrogen) atoms. The minimum atomic E-state index is -0.236. The molecule has 0 bridgehead atoms. The molecule has 1 saturated heterocycles. The van der Waals surface area contributed by atoms with Crippen LogP contribution in [0.25, 0.3) is 0 Å². The van der Waals surface area contributed by atoms with E-state index in [-0.39, 0.29) is 6.09 Å². The highest BCUT2D eigenvalue weighted by Crippen LogP contribution is 2.14. The highest BCUT2D eigenvalue weighted by atomic mass is 35.5. The molecule has 6 nitrogen and oxygen atoms in total. The standard InChI is InChI=1S/C13H19ClN4O2/c1-10(2)9-20-13(19)18-7-5-17(6-8-18)12-4-3-11(14)15-16-12/h3-4,10H,5-9H2,1-2H3. The van der Waals surface area contributed by atoms with E-state index in [0.717, 1.165) is 5.82 Å². The number of carbonyl (C=O) groups excluding carboxylic acids is 1. The first-order valence-corrected chi connectivity index (χ1v) is 7.10. The molecule has 2 heterocycles. The molecule has 1 amide bonds. The van der Waals surface area contributed by atoms with Crippen molar-refractivity contribution in [3.05, 3.63) is 17.3 Å². The summed E-state index contributed by atoms with van der Waals surface area (Å²) < 4.78 is 5.22. The number of rotatable bonds is 3. The Hall–Kier alpha value is -1.56. The Labute approximate surface area is 123 Å². The number of ether oxygens (including phenoxy) is 1. The molecule has 1 aliphatic rings. The molecule has 0 aliphatic carbocycles. The zero-order chi connectivity index (χ0) is 14.5. The van der Waals surface area contributed by atoms with Crippen LogP contribution < -0.4 is 4.90 Å². The van der Waals surface area contributed by atoms with Gasteiger partial charge in [0.1, 0.15) is 0 Å². The maximum atomic E-state index is 11.8. The smallest absolute Gasteiger partial charge is 0.409 e. The van der Waals surface area contributed by atoms with Crippen molar-refractivity contribution >= 4 is 23.5 Å². The molecule has 1 aromatic rings. The Morgan fingerprint density at radius 3 is 2.55 bits per heavy atom. The van der Waals surface area contributed by atoms with E-state index in [4.69, 9.17) is 16.3 Å². The maximum Gasteiger partial charge on any atom is 0.409 e. The summed E-state index contributed by atoms with van der Waals surface area (Å²) in [4.78, 5) is 15.6. The van der Waals surface area contributed by atoms with Gasteiger partial charge in [0, 0.05) is 26.2 Å². The van der Waals surface area contributed by atoms with Crippen LogP contribution in [0.4, 0.5) is 10.6 Å². The van der Waals surface area contributed by atoms with E-state index in [9.17, 15) is 4.79 Å². The minimum absolute atomic E-state index is 0.236. The van der Waals surface area contributed by atoms with Gasteiger partial charge in [-0.15, -0.1) is 10.2 Å². The number of halogens is 1. The lowest BCUT2D eigenvalue weighted by atomic mass is 10.2. The van der Waals surface area contributed by atoms with Gasteiger partial charge in [-0.25, -0.2) is 4.79 Å². The van der Waals surface area contributed by atoms with Crippen LogP contribution in [0.15, 0.2) is 12.1 Å². The van der Waals surface area contributed by atoms with Crippen LogP contribution in [0.1, 0.15) is 13.8 Å². The molecule has 7 heteroatoms. The zero-order valence-electron chi connectivity index (χ0n) is 11.8. The summed E-state index contributed by atoms with van der Waals surface area (Å²) in [5.41, 5.74) is 0. The molecule has 0 atom stereocenters. The van der Waals surface area contributed by atoms with Crippen LogP contribution >= 0.6 is 11.6 Å². The van der Waals surface area contributed by atoms with Gasteiger partial charge >= 0.3 is 6.09 Å². The van der Waals surface area contributed by atoms with Crippen LogP contribution in [0.3, 0.4) is 0 Å². The summed E-state index contributed by atoms with van der Waals surface area (Å²) in [5, 5.41) is 8.25. The Morgan fingerprint density at radius 2 is 2.00 bits per heavy atom. The number of hydrogen-bond donors (Lipinski definition) is 0. The van der Waals surface area contributed by atoms with E-state index in [1.54, 1.807) is 11.0 Å². The third-order valence-electron chi connectivity index (χ3n) is 3.02. The van der Waals surface area contributed by atoms with E-state index in [0.29, 0.717) is 43.9 Å². The Morgan fingerprint density at radius 1 is 1.30 bits per heavy atom. The van der Waals surface area contributed by atoms with Crippen molar-refractivity contribution in [2.75, 3.05) is 37.7 Å². The number of amides is 1. The second-order valence-corrected chi connectivity index (χ2v) is 5.55. The van der Waals surface area contributed by atoms with Gasteiger partial charge in [-0.3, -0.25) is 0 Å². The summed E-state index contributed by atoms with van der Waals surface area (Å²) in [6, 6.07) is 3.55. The highest BCUT2D eigenvalue weighted by molar-refractivity contribution is 6.29. The Balaban J connectivity index is 1.83. The third kappa shape index (κ3) is 3.96. The summed E-state index contributed by atoms with van der Waals surface area (Å²) in [6.45, 7) is 7.18. The fourth-order valence-corrected chi connectivity index (χ4v) is 2.03. The molecule has 2 rings (SSSR count). The third-order valence-corrected chi connectivity index (χ3v) is 3.22. The number of hydrogen-bond acceptors (Lipinski definition) is 5. The molecular weight excluding hydrogens is 280 g/mol. The molecule has 0 unspecified atom stereocenters. The predicted molar refractivity (Wildman–Crippen MR) is 77.0 cm³/mol. The average molecular weight is 299 g/mol.